The number of carbonyl (C=O) groups is 1. The molecule has 1 aromatic heterocycles. The summed E-state index contributed by atoms with van der Waals surface area (Å²) in [6.45, 7) is -0.0560. The van der Waals surface area contributed by atoms with Crippen molar-refractivity contribution in [3.8, 4) is 0 Å². The van der Waals surface area contributed by atoms with Crippen LogP contribution in [-0.4, -0.2) is 18.9 Å². The van der Waals surface area contributed by atoms with Crippen molar-refractivity contribution >= 4 is 26.8 Å². The van der Waals surface area contributed by atoms with E-state index in [0.717, 1.165) is 10.9 Å². The van der Waals surface area contributed by atoms with Crippen LogP contribution in [0.3, 0.4) is 0 Å². The molecule has 1 N–H and O–H groups in total. The van der Waals surface area contributed by atoms with Crippen LogP contribution >= 0.6 is 0 Å². The standard InChI is InChI=1S/C16H14N2O3S/c19-16(17-22(20,21)14-7-2-1-3-8-14)12-18-11-10-13-6-4-5-9-15(13)18/h1-11H,12H2,(H,17,19). The van der Waals surface area contributed by atoms with E-state index in [0.29, 0.717) is 0 Å². The maximum atomic E-state index is 12.1. The molecular formula is C16H14N2O3S. The first-order valence-corrected chi connectivity index (χ1v) is 8.19. The number of nitrogens with one attached hydrogen (secondary N) is 1. The Hall–Kier alpha value is -2.60. The molecular weight excluding hydrogens is 300 g/mol. The maximum absolute atomic E-state index is 12.1. The first-order valence-electron chi connectivity index (χ1n) is 6.71. The molecule has 0 aliphatic carbocycles. The largest absolute Gasteiger partial charge is 0.338 e. The summed E-state index contributed by atoms with van der Waals surface area (Å²) in [5.41, 5.74) is 0.884. The Morgan fingerprint density at radius 3 is 2.41 bits per heavy atom. The minimum Gasteiger partial charge on any atom is -0.338 e. The average molecular weight is 314 g/mol. The smallest absolute Gasteiger partial charge is 0.264 e. The van der Waals surface area contributed by atoms with E-state index >= 15 is 0 Å². The van der Waals surface area contributed by atoms with Crippen LogP contribution in [0.1, 0.15) is 0 Å². The summed E-state index contributed by atoms with van der Waals surface area (Å²) < 4.78 is 28.0. The molecule has 0 bridgehead atoms. The Labute approximate surface area is 128 Å². The fourth-order valence-corrected chi connectivity index (χ4v) is 3.27. The van der Waals surface area contributed by atoms with Gasteiger partial charge in [0.25, 0.3) is 15.9 Å². The number of amides is 1. The number of hydrogen-bond acceptors (Lipinski definition) is 3. The van der Waals surface area contributed by atoms with Crippen molar-refractivity contribution in [3.05, 3.63) is 66.9 Å². The second-order valence-electron chi connectivity index (χ2n) is 4.84. The van der Waals surface area contributed by atoms with Gasteiger partial charge in [-0.2, -0.15) is 0 Å². The molecule has 0 atom stereocenters. The van der Waals surface area contributed by atoms with Gasteiger partial charge in [-0.1, -0.05) is 36.4 Å². The Morgan fingerprint density at radius 1 is 0.955 bits per heavy atom. The van der Waals surface area contributed by atoms with Crippen LogP contribution in [-0.2, 0) is 21.4 Å². The number of hydrogen-bond donors (Lipinski definition) is 1. The molecule has 2 aromatic carbocycles. The van der Waals surface area contributed by atoms with Crippen LogP contribution in [0.5, 0.6) is 0 Å². The third kappa shape index (κ3) is 2.87. The van der Waals surface area contributed by atoms with Gasteiger partial charge < -0.3 is 4.57 Å². The molecule has 0 radical (unpaired) electrons. The van der Waals surface area contributed by atoms with Crippen LogP contribution in [0, 0.1) is 0 Å². The number of benzene rings is 2. The lowest BCUT2D eigenvalue weighted by molar-refractivity contribution is -0.119. The van der Waals surface area contributed by atoms with Crippen molar-refractivity contribution in [3.63, 3.8) is 0 Å². The molecule has 0 aliphatic rings. The van der Waals surface area contributed by atoms with E-state index in [2.05, 4.69) is 4.72 Å². The first kappa shape index (κ1) is 14.3. The molecule has 0 aliphatic heterocycles. The summed E-state index contributed by atoms with van der Waals surface area (Å²) in [4.78, 5) is 12.1. The second-order valence-corrected chi connectivity index (χ2v) is 6.53. The zero-order valence-electron chi connectivity index (χ0n) is 11.6. The molecule has 6 heteroatoms. The van der Waals surface area contributed by atoms with Crippen molar-refractivity contribution in [2.45, 2.75) is 11.4 Å². The number of nitrogens with zero attached hydrogens (tertiary/aromatic N) is 1. The van der Waals surface area contributed by atoms with Crippen molar-refractivity contribution < 1.29 is 13.2 Å². The molecule has 3 rings (SSSR count). The molecule has 0 fully saturated rings. The molecule has 0 saturated heterocycles. The van der Waals surface area contributed by atoms with Crippen LogP contribution in [0.15, 0.2) is 71.8 Å². The van der Waals surface area contributed by atoms with Gasteiger partial charge in [0, 0.05) is 11.7 Å². The van der Waals surface area contributed by atoms with Crippen LogP contribution in [0.4, 0.5) is 0 Å². The van der Waals surface area contributed by atoms with E-state index in [4.69, 9.17) is 0 Å². The molecule has 0 spiro atoms. The summed E-state index contributed by atoms with van der Waals surface area (Å²) in [7, 11) is -3.83. The Kier molecular flexibility index (Phi) is 3.68. The average Bonchev–Trinajstić information content (AvgIpc) is 2.91. The van der Waals surface area contributed by atoms with E-state index in [9.17, 15) is 13.2 Å². The third-order valence-electron chi connectivity index (χ3n) is 3.30. The zero-order valence-corrected chi connectivity index (χ0v) is 12.5. The van der Waals surface area contributed by atoms with Gasteiger partial charge in [0.15, 0.2) is 0 Å². The van der Waals surface area contributed by atoms with E-state index in [-0.39, 0.29) is 11.4 Å². The van der Waals surface area contributed by atoms with Crippen LogP contribution in [0.2, 0.25) is 0 Å². The topological polar surface area (TPSA) is 68.2 Å². The monoisotopic (exact) mass is 314 g/mol. The van der Waals surface area contributed by atoms with Crippen LogP contribution < -0.4 is 4.72 Å². The minimum atomic E-state index is -3.83. The molecule has 0 saturated carbocycles. The minimum absolute atomic E-state index is 0.0560. The van der Waals surface area contributed by atoms with Gasteiger partial charge in [-0.05, 0) is 29.7 Å². The van der Waals surface area contributed by atoms with Crippen molar-refractivity contribution in [2.24, 2.45) is 0 Å². The first-order chi connectivity index (χ1) is 10.6. The SMILES string of the molecule is O=C(Cn1ccc2ccccc21)NS(=O)(=O)c1ccccc1. The highest BCUT2D eigenvalue weighted by Crippen LogP contribution is 2.15. The van der Waals surface area contributed by atoms with E-state index in [1.54, 1.807) is 29.0 Å². The molecule has 5 nitrogen and oxygen atoms in total. The van der Waals surface area contributed by atoms with Gasteiger partial charge in [0.1, 0.15) is 6.54 Å². The Morgan fingerprint density at radius 2 is 1.64 bits per heavy atom. The molecule has 1 heterocycles. The quantitative estimate of drug-likeness (QED) is 0.802. The number of aromatic nitrogens is 1. The van der Waals surface area contributed by atoms with Crippen molar-refractivity contribution in [1.82, 2.24) is 9.29 Å². The Balaban J connectivity index is 1.78. The predicted octanol–water partition coefficient (Wildman–Crippen LogP) is 2.15. The number of para-hydroxylation sites is 1. The fraction of sp³-hybridized carbons (Fsp3) is 0.0625. The zero-order chi connectivity index (χ0) is 15.6. The number of fused-ring (bicyclic) bond motifs is 1. The lowest BCUT2D eigenvalue weighted by Crippen LogP contribution is -2.33. The number of carbonyl (C=O) groups excluding carboxylic acids is 1. The molecule has 1 amide bonds. The van der Waals surface area contributed by atoms with Gasteiger partial charge in [0.05, 0.1) is 4.90 Å². The highest BCUT2D eigenvalue weighted by Gasteiger charge is 2.17. The lowest BCUT2D eigenvalue weighted by Gasteiger charge is -2.08. The van der Waals surface area contributed by atoms with Gasteiger partial charge in [-0.25, -0.2) is 13.1 Å². The summed E-state index contributed by atoms with van der Waals surface area (Å²) >= 11 is 0. The molecule has 22 heavy (non-hydrogen) atoms. The van der Waals surface area contributed by atoms with Crippen molar-refractivity contribution in [2.75, 3.05) is 0 Å². The molecule has 112 valence electrons. The normalized spacial score (nSPS) is 11.5. The highest BCUT2D eigenvalue weighted by molar-refractivity contribution is 7.90. The van der Waals surface area contributed by atoms with Crippen LogP contribution in [0.25, 0.3) is 10.9 Å². The summed E-state index contributed by atoms with van der Waals surface area (Å²) in [5.74, 6) is -0.579. The number of rotatable bonds is 4. The van der Waals surface area contributed by atoms with E-state index in [1.807, 2.05) is 30.3 Å². The van der Waals surface area contributed by atoms with Crippen molar-refractivity contribution in [1.29, 1.82) is 0 Å². The second kappa shape index (κ2) is 5.65. The summed E-state index contributed by atoms with van der Waals surface area (Å²) in [6.07, 6.45) is 1.76. The van der Waals surface area contributed by atoms with Gasteiger partial charge in [-0.15, -0.1) is 0 Å². The highest BCUT2D eigenvalue weighted by atomic mass is 32.2. The van der Waals surface area contributed by atoms with Gasteiger partial charge in [0.2, 0.25) is 0 Å². The molecule has 0 unspecified atom stereocenters. The fourth-order valence-electron chi connectivity index (χ4n) is 2.27. The lowest BCUT2D eigenvalue weighted by atomic mass is 10.2. The molecule has 3 aromatic rings. The maximum Gasteiger partial charge on any atom is 0.264 e. The van der Waals surface area contributed by atoms with Gasteiger partial charge >= 0.3 is 0 Å². The summed E-state index contributed by atoms with van der Waals surface area (Å²) in [5, 5.41) is 1.00. The van der Waals surface area contributed by atoms with Gasteiger partial charge in [-0.3, -0.25) is 4.79 Å². The third-order valence-corrected chi connectivity index (χ3v) is 4.69. The number of sulfonamides is 1. The summed E-state index contributed by atoms with van der Waals surface area (Å²) in [6, 6.07) is 17.3. The Bertz CT molecular complexity index is 915. The predicted molar refractivity (Wildman–Crippen MR) is 83.7 cm³/mol. The van der Waals surface area contributed by atoms with E-state index in [1.165, 1.54) is 12.1 Å². The van der Waals surface area contributed by atoms with E-state index < -0.39 is 15.9 Å².